The molecule has 1 N–H and O–H groups in total. The summed E-state index contributed by atoms with van der Waals surface area (Å²) >= 11 is 0. The van der Waals surface area contributed by atoms with Crippen LogP contribution in [0, 0.1) is 5.92 Å². The van der Waals surface area contributed by atoms with Gasteiger partial charge in [-0.25, -0.2) is 9.97 Å². The van der Waals surface area contributed by atoms with Crippen molar-refractivity contribution in [1.82, 2.24) is 20.2 Å². The summed E-state index contributed by atoms with van der Waals surface area (Å²) in [4.78, 5) is 13.7. The first-order valence-corrected chi connectivity index (χ1v) is 8.10. The Morgan fingerprint density at radius 1 is 1.24 bits per heavy atom. The van der Waals surface area contributed by atoms with Gasteiger partial charge in [0.15, 0.2) is 0 Å². The number of hydrogen-bond acceptors (Lipinski definition) is 5. The second-order valence-electron chi connectivity index (χ2n) is 6.26. The van der Waals surface area contributed by atoms with Crippen molar-refractivity contribution >= 4 is 5.95 Å². The Bertz CT molecular complexity index is 396. The molecule has 21 heavy (non-hydrogen) atoms. The van der Waals surface area contributed by atoms with Gasteiger partial charge in [0, 0.05) is 44.1 Å². The van der Waals surface area contributed by atoms with Gasteiger partial charge < -0.3 is 15.1 Å². The predicted molar refractivity (Wildman–Crippen MR) is 87.5 cm³/mol. The molecule has 1 aliphatic rings. The maximum absolute atomic E-state index is 4.53. The van der Waals surface area contributed by atoms with E-state index < -0.39 is 0 Å². The molecule has 2 heterocycles. The number of piperidine rings is 1. The van der Waals surface area contributed by atoms with Gasteiger partial charge in [-0.3, -0.25) is 0 Å². The summed E-state index contributed by atoms with van der Waals surface area (Å²) in [6.07, 6.45) is 7.54. The van der Waals surface area contributed by atoms with E-state index in [1.807, 2.05) is 12.4 Å². The van der Waals surface area contributed by atoms with Crippen LogP contribution in [0.5, 0.6) is 0 Å². The SMILES string of the molecule is CCCNCc1cnc(N2CCC(CN(C)C)CC2)nc1. The molecule has 5 nitrogen and oxygen atoms in total. The fraction of sp³-hybridized carbons (Fsp3) is 0.750. The summed E-state index contributed by atoms with van der Waals surface area (Å²) in [5.41, 5.74) is 1.16. The van der Waals surface area contributed by atoms with Crippen LogP contribution in [0.4, 0.5) is 5.95 Å². The first-order chi connectivity index (χ1) is 10.2. The topological polar surface area (TPSA) is 44.3 Å². The fourth-order valence-corrected chi connectivity index (χ4v) is 2.84. The van der Waals surface area contributed by atoms with Gasteiger partial charge in [-0.1, -0.05) is 6.92 Å². The monoisotopic (exact) mass is 291 g/mol. The van der Waals surface area contributed by atoms with Crippen molar-refractivity contribution in [2.45, 2.75) is 32.7 Å². The highest BCUT2D eigenvalue weighted by Gasteiger charge is 2.21. The molecule has 0 aliphatic carbocycles. The van der Waals surface area contributed by atoms with Gasteiger partial charge in [0.2, 0.25) is 5.95 Å². The Morgan fingerprint density at radius 2 is 1.90 bits per heavy atom. The van der Waals surface area contributed by atoms with E-state index in [1.165, 1.54) is 19.4 Å². The molecule has 0 atom stereocenters. The third-order valence-corrected chi connectivity index (χ3v) is 3.97. The van der Waals surface area contributed by atoms with Crippen molar-refractivity contribution in [3.63, 3.8) is 0 Å². The van der Waals surface area contributed by atoms with E-state index in [9.17, 15) is 0 Å². The molecular weight excluding hydrogens is 262 g/mol. The molecule has 118 valence electrons. The molecule has 1 aromatic heterocycles. The van der Waals surface area contributed by atoms with Crippen molar-refractivity contribution in [3.05, 3.63) is 18.0 Å². The summed E-state index contributed by atoms with van der Waals surface area (Å²) in [5.74, 6) is 1.70. The van der Waals surface area contributed by atoms with E-state index in [0.717, 1.165) is 50.0 Å². The molecule has 0 amide bonds. The first-order valence-electron chi connectivity index (χ1n) is 8.10. The third kappa shape index (κ3) is 5.25. The lowest BCUT2D eigenvalue weighted by molar-refractivity contribution is 0.284. The largest absolute Gasteiger partial charge is 0.341 e. The molecule has 0 aromatic carbocycles. The minimum Gasteiger partial charge on any atom is -0.341 e. The van der Waals surface area contributed by atoms with E-state index >= 15 is 0 Å². The standard InChI is InChI=1S/C16H29N5/c1-4-7-17-10-15-11-18-16(19-12-15)21-8-5-14(6-9-21)13-20(2)3/h11-12,14,17H,4-10,13H2,1-3H3. The molecule has 5 heteroatoms. The molecule has 1 aliphatic heterocycles. The lowest BCUT2D eigenvalue weighted by atomic mass is 9.97. The Balaban J connectivity index is 1.80. The Labute approximate surface area is 128 Å². The zero-order valence-corrected chi connectivity index (χ0v) is 13.7. The van der Waals surface area contributed by atoms with Gasteiger partial charge in [0.25, 0.3) is 0 Å². The highest BCUT2D eigenvalue weighted by atomic mass is 15.2. The smallest absolute Gasteiger partial charge is 0.225 e. The molecule has 0 spiro atoms. The maximum Gasteiger partial charge on any atom is 0.225 e. The summed E-state index contributed by atoms with van der Waals surface area (Å²) in [6, 6.07) is 0. The van der Waals surface area contributed by atoms with Crippen LogP contribution in [0.15, 0.2) is 12.4 Å². The Kier molecular flexibility index (Phi) is 6.39. The number of anilines is 1. The second kappa shape index (κ2) is 8.29. The summed E-state index contributed by atoms with van der Waals surface area (Å²) in [5, 5.41) is 3.38. The third-order valence-electron chi connectivity index (χ3n) is 3.97. The molecule has 1 aromatic rings. The van der Waals surface area contributed by atoms with Crippen LogP contribution in [0.1, 0.15) is 31.7 Å². The Morgan fingerprint density at radius 3 is 2.48 bits per heavy atom. The lowest BCUT2D eigenvalue weighted by Crippen LogP contribution is -2.38. The fourth-order valence-electron chi connectivity index (χ4n) is 2.84. The van der Waals surface area contributed by atoms with E-state index in [2.05, 4.69) is 46.1 Å². The summed E-state index contributed by atoms with van der Waals surface area (Å²) in [7, 11) is 4.31. The second-order valence-corrected chi connectivity index (χ2v) is 6.26. The van der Waals surface area contributed by atoms with Crippen LogP contribution in [0.2, 0.25) is 0 Å². The normalized spacial score (nSPS) is 16.7. The average molecular weight is 291 g/mol. The van der Waals surface area contributed by atoms with Crippen molar-refractivity contribution in [2.75, 3.05) is 45.2 Å². The molecule has 0 radical (unpaired) electrons. The van der Waals surface area contributed by atoms with Gasteiger partial charge in [-0.2, -0.15) is 0 Å². The van der Waals surface area contributed by atoms with Gasteiger partial charge >= 0.3 is 0 Å². The van der Waals surface area contributed by atoms with Crippen molar-refractivity contribution in [2.24, 2.45) is 5.92 Å². The number of rotatable bonds is 7. The maximum atomic E-state index is 4.53. The van der Waals surface area contributed by atoms with Crippen LogP contribution in [-0.2, 0) is 6.54 Å². The van der Waals surface area contributed by atoms with Gasteiger partial charge in [0.05, 0.1) is 0 Å². The van der Waals surface area contributed by atoms with Crippen molar-refractivity contribution in [3.8, 4) is 0 Å². The van der Waals surface area contributed by atoms with Gasteiger partial charge in [-0.05, 0) is 45.8 Å². The number of nitrogens with one attached hydrogen (secondary N) is 1. The van der Waals surface area contributed by atoms with Crippen LogP contribution < -0.4 is 10.2 Å². The minimum absolute atomic E-state index is 0.814. The first kappa shape index (κ1) is 16.2. The number of nitrogens with zero attached hydrogens (tertiary/aromatic N) is 4. The minimum atomic E-state index is 0.814. The summed E-state index contributed by atoms with van der Waals surface area (Å²) in [6.45, 7) is 7.42. The van der Waals surface area contributed by atoms with Gasteiger partial charge in [-0.15, -0.1) is 0 Å². The molecular formula is C16H29N5. The van der Waals surface area contributed by atoms with Crippen LogP contribution >= 0.6 is 0 Å². The van der Waals surface area contributed by atoms with Gasteiger partial charge in [0.1, 0.15) is 0 Å². The lowest BCUT2D eigenvalue weighted by Gasteiger charge is -2.33. The quantitative estimate of drug-likeness (QED) is 0.776. The molecule has 2 rings (SSSR count). The predicted octanol–water partition coefficient (Wildman–Crippen LogP) is 1.75. The van der Waals surface area contributed by atoms with Crippen molar-refractivity contribution in [1.29, 1.82) is 0 Å². The molecule has 0 unspecified atom stereocenters. The Hall–Kier alpha value is -1.20. The van der Waals surface area contributed by atoms with E-state index in [-0.39, 0.29) is 0 Å². The highest BCUT2D eigenvalue weighted by molar-refractivity contribution is 5.30. The van der Waals surface area contributed by atoms with Crippen LogP contribution in [0.3, 0.4) is 0 Å². The molecule has 1 saturated heterocycles. The average Bonchev–Trinajstić information content (AvgIpc) is 2.49. The molecule has 0 saturated carbocycles. The molecule has 0 bridgehead atoms. The van der Waals surface area contributed by atoms with E-state index in [0.29, 0.717) is 0 Å². The zero-order valence-electron chi connectivity index (χ0n) is 13.7. The zero-order chi connectivity index (χ0) is 15.1. The van der Waals surface area contributed by atoms with Crippen LogP contribution in [-0.4, -0.2) is 55.1 Å². The summed E-state index contributed by atoms with van der Waals surface area (Å²) < 4.78 is 0. The van der Waals surface area contributed by atoms with Crippen LogP contribution in [0.25, 0.3) is 0 Å². The van der Waals surface area contributed by atoms with E-state index in [4.69, 9.17) is 0 Å². The van der Waals surface area contributed by atoms with E-state index in [1.54, 1.807) is 0 Å². The molecule has 1 fully saturated rings. The highest BCUT2D eigenvalue weighted by Crippen LogP contribution is 2.20. The number of aromatic nitrogens is 2. The van der Waals surface area contributed by atoms with Crippen molar-refractivity contribution < 1.29 is 0 Å². The number of hydrogen-bond donors (Lipinski definition) is 1.